The van der Waals surface area contributed by atoms with Crippen molar-refractivity contribution in [1.82, 2.24) is 35.0 Å². The van der Waals surface area contributed by atoms with Crippen LogP contribution in [0.15, 0.2) is 64.6 Å². The van der Waals surface area contributed by atoms with E-state index in [1.165, 1.54) is 18.8 Å². The number of hydrogen-bond donors (Lipinski definition) is 1. The molecule has 31 heavy (non-hydrogen) atoms. The van der Waals surface area contributed by atoms with Crippen LogP contribution in [-0.4, -0.2) is 49.3 Å². The lowest BCUT2D eigenvalue weighted by Crippen LogP contribution is -2.47. The van der Waals surface area contributed by atoms with Crippen molar-refractivity contribution in [3.63, 3.8) is 0 Å². The van der Waals surface area contributed by atoms with Crippen LogP contribution in [0, 0.1) is 0 Å². The van der Waals surface area contributed by atoms with Gasteiger partial charge in [-0.25, -0.2) is 15.0 Å². The van der Waals surface area contributed by atoms with Crippen LogP contribution in [0.4, 0.5) is 5.95 Å². The Bertz CT molecular complexity index is 1220. The summed E-state index contributed by atoms with van der Waals surface area (Å²) in [7, 11) is 1.74. The third-order valence-corrected chi connectivity index (χ3v) is 5.35. The SMILES string of the molecule is Cn1c(N2CCNC(c3ccc(-c4ncon4)cc3)C2)nc(-c2ccncn2)cc1=O. The molecular formula is C21H20N8O2. The van der Waals surface area contributed by atoms with Crippen LogP contribution in [0.2, 0.25) is 0 Å². The van der Waals surface area contributed by atoms with E-state index in [1.807, 2.05) is 12.1 Å². The summed E-state index contributed by atoms with van der Waals surface area (Å²) in [5.74, 6) is 1.18. The topological polar surface area (TPSA) is 115 Å². The summed E-state index contributed by atoms with van der Waals surface area (Å²) >= 11 is 0. The Labute approximate surface area is 177 Å². The highest BCUT2D eigenvalue weighted by molar-refractivity contribution is 5.56. The van der Waals surface area contributed by atoms with Crippen molar-refractivity contribution < 1.29 is 4.52 Å². The number of rotatable bonds is 4. The predicted molar refractivity (Wildman–Crippen MR) is 113 cm³/mol. The molecular weight excluding hydrogens is 396 g/mol. The molecule has 1 unspecified atom stereocenters. The van der Waals surface area contributed by atoms with Crippen LogP contribution in [-0.2, 0) is 7.05 Å². The minimum absolute atomic E-state index is 0.0904. The first-order valence-electron chi connectivity index (χ1n) is 9.88. The number of hydrogen-bond acceptors (Lipinski definition) is 9. The van der Waals surface area contributed by atoms with Gasteiger partial charge in [0.05, 0.1) is 11.4 Å². The number of aromatic nitrogens is 6. The summed E-state index contributed by atoms with van der Waals surface area (Å²) in [6.07, 6.45) is 4.41. The van der Waals surface area contributed by atoms with Crippen molar-refractivity contribution >= 4 is 5.95 Å². The van der Waals surface area contributed by atoms with Crippen molar-refractivity contribution in [1.29, 1.82) is 0 Å². The van der Waals surface area contributed by atoms with Crippen LogP contribution < -0.4 is 15.8 Å². The van der Waals surface area contributed by atoms with Gasteiger partial charge in [-0.3, -0.25) is 9.36 Å². The fourth-order valence-electron chi connectivity index (χ4n) is 3.70. The zero-order chi connectivity index (χ0) is 21.2. The van der Waals surface area contributed by atoms with Crippen molar-refractivity contribution in [3.05, 3.63) is 71.2 Å². The molecule has 10 nitrogen and oxygen atoms in total. The maximum absolute atomic E-state index is 12.6. The first-order chi connectivity index (χ1) is 15.2. The maximum atomic E-state index is 12.6. The standard InChI is InChI=1S/C21H20N8O2/c1-28-19(30)10-17(16-6-7-22-12-24-16)26-21(28)29-9-8-23-18(11-29)14-2-4-15(5-3-14)20-25-13-31-27-20/h2-7,10,12-13,18,23H,8-9,11H2,1H3. The molecule has 1 saturated heterocycles. The summed E-state index contributed by atoms with van der Waals surface area (Å²) in [5, 5.41) is 7.41. The van der Waals surface area contributed by atoms with Gasteiger partial charge in [0, 0.05) is 50.6 Å². The van der Waals surface area contributed by atoms with E-state index in [4.69, 9.17) is 9.51 Å². The van der Waals surface area contributed by atoms with Gasteiger partial charge < -0.3 is 14.7 Å². The summed E-state index contributed by atoms with van der Waals surface area (Å²) < 4.78 is 6.39. The van der Waals surface area contributed by atoms with E-state index in [-0.39, 0.29) is 11.6 Å². The third kappa shape index (κ3) is 3.80. The highest BCUT2D eigenvalue weighted by Crippen LogP contribution is 2.24. The lowest BCUT2D eigenvalue weighted by Gasteiger charge is -2.35. The lowest BCUT2D eigenvalue weighted by molar-refractivity contribution is 0.418. The van der Waals surface area contributed by atoms with Gasteiger partial charge in [0.25, 0.3) is 5.56 Å². The van der Waals surface area contributed by atoms with E-state index in [0.717, 1.165) is 24.2 Å². The Morgan fingerprint density at radius 3 is 2.74 bits per heavy atom. The minimum atomic E-state index is -0.127. The number of piperazine rings is 1. The van der Waals surface area contributed by atoms with Gasteiger partial charge in [0.2, 0.25) is 18.2 Å². The molecule has 0 bridgehead atoms. The van der Waals surface area contributed by atoms with Crippen molar-refractivity contribution in [2.24, 2.45) is 7.05 Å². The van der Waals surface area contributed by atoms with Crippen molar-refractivity contribution in [2.45, 2.75) is 6.04 Å². The molecule has 1 N–H and O–H groups in total. The zero-order valence-corrected chi connectivity index (χ0v) is 16.8. The zero-order valence-electron chi connectivity index (χ0n) is 16.8. The van der Waals surface area contributed by atoms with E-state index < -0.39 is 0 Å². The van der Waals surface area contributed by atoms with Crippen molar-refractivity contribution in [3.8, 4) is 22.8 Å². The molecule has 0 amide bonds. The second-order valence-electron chi connectivity index (χ2n) is 7.26. The fraction of sp³-hybridized carbons (Fsp3) is 0.238. The third-order valence-electron chi connectivity index (χ3n) is 5.35. The molecule has 0 saturated carbocycles. The Balaban J connectivity index is 1.42. The molecule has 1 aliphatic heterocycles. The Morgan fingerprint density at radius 2 is 2.00 bits per heavy atom. The average molecular weight is 416 g/mol. The van der Waals surface area contributed by atoms with Gasteiger partial charge in [0.1, 0.15) is 6.33 Å². The van der Waals surface area contributed by atoms with Crippen LogP contribution in [0.5, 0.6) is 0 Å². The smallest absolute Gasteiger partial charge is 0.255 e. The second-order valence-corrected chi connectivity index (χ2v) is 7.26. The van der Waals surface area contributed by atoms with Crippen molar-refractivity contribution in [2.75, 3.05) is 24.5 Å². The number of nitrogens with one attached hydrogen (secondary N) is 1. The minimum Gasteiger partial charge on any atom is -0.342 e. The molecule has 0 radical (unpaired) electrons. The second kappa shape index (κ2) is 8.07. The van der Waals surface area contributed by atoms with Crippen LogP contribution in [0.3, 0.4) is 0 Å². The largest absolute Gasteiger partial charge is 0.342 e. The van der Waals surface area contributed by atoms with Crippen LogP contribution in [0.25, 0.3) is 22.8 Å². The Hall–Kier alpha value is -3.92. The highest BCUT2D eigenvalue weighted by atomic mass is 16.5. The summed E-state index contributed by atoms with van der Waals surface area (Å²) in [5.41, 5.74) is 3.07. The molecule has 0 spiro atoms. The number of nitrogens with zero attached hydrogens (tertiary/aromatic N) is 7. The molecule has 4 heterocycles. The molecule has 1 atom stereocenters. The summed E-state index contributed by atoms with van der Waals surface area (Å²) in [4.78, 5) is 31.7. The normalized spacial score (nSPS) is 16.4. The van der Waals surface area contributed by atoms with E-state index in [1.54, 1.807) is 23.9 Å². The molecule has 3 aromatic heterocycles. The maximum Gasteiger partial charge on any atom is 0.255 e. The van der Waals surface area contributed by atoms with E-state index in [9.17, 15) is 4.79 Å². The van der Waals surface area contributed by atoms with Gasteiger partial charge in [-0.15, -0.1) is 0 Å². The summed E-state index contributed by atoms with van der Waals surface area (Å²) in [6, 6.07) is 11.4. The Kier molecular flexibility index (Phi) is 4.97. The highest BCUT2D eigenvalue weighted by Gasteiger charge is 2.24. The molecule has 1 aromatic carbocycles. The van der Waals surface area contributed by atoms with Gasteiger partial charge in [-0.05, 0) is 11.6 Å². The molecule has 1 fully saturated rings. The molecule has 156 valence electrons. The van der Waals surface area contributed by atoms with Gasteiger partial charge in [-0.1, -0.05) is 29.4 Å². The fourth-order valence-corrected chi connectivity index (χ4v) is 3.70. The van der Waals surface area contributed by atoms with Gasteiger partial charge >= 0.3 is 0 Å². The van der Waals surface area contributed by atoms with Gasteiger partial charge in [0.15, 0.2) is 0 Å². The number of anilines is 1. The summed E-state index contributed by atoms with van der Waals surface area (Å²) in [6.45, 7) is 2.19. The lowest BCUT2D eigenvalue weighted by atomic mass is 10.0. The molecule has 0 aliphatic carbocycles. The molecule has 1 aliphatic rings. The van der Waals surface area contributed by atoms with E-state index in [0.29, 0.717) is 29.7 Å². The molecule has 10 heteroatoms. The molecule has 4 aromatic rings. The van der Waals surface area contributed by atoms with E-state index >= 15 is 0 Å². The quantitative estimate of drug-likeness (QED) is 0.527. The van der Waals surface area contributed by atoms with E-state index in [2.05, 4.69) is 42.5 Å². The van der Waals surface area contributed by atoms with Crippen LogP contribution in [0.1, 0.15) is 11.6 Å². The first kappa shape index (κ1) is 19.1. The Morgan fingerprint density at radius 1 is 1.13 bits per heavy atom. The number of benzene rings is 1. The van der Waals surface area contributed by atoms with Gasteiger partial charge in [-0.2, -0.15) is 4.98 Å². The van der Waals surface area contributed by atoms with Crippen LogP contribution >= 0.6 is 0 Å². The first-order valence-corrected chi connectivity index (χ1v) is 9.88. The predicted octanol–water partition coefficient (Wildman–Crippen LogP) is 1.44. The average Bonchev–Trinajstić information content (AvgIpc) is 3.37. The monoisotopic (exact) mass is 416 g/mol. The molecule has 5 rings (SSSR count).